The summed E-state index contributed by atoms with van der Waals surface area (Å²) in [6, 6.07) is 1.84. The third-order valence-electron chi connectivity index (χ3n) is 4.91. The number of methoxy groups -OCH3 is 1. The van der Waals surface area contributed by atoms with Crippen LogP contribution in [0.25, 0.3) is 16.9 Å². The topological polar surface area (TPSA) is 107 Å². The molecule has 1 atom stereocenters. The number of aromatic nitrogens is 5. The lowest BCUT2D eigenvalue weighted by atomic mass is 10.1. The Balaban J connectivity index is 1.48. The molecule has 1 aliphatic heterocycles. The molecule has 164 valence electrons. The van der Waals surface area contributed by atoms with Crippen LogP contribution in [0.2, 0.25) is 0 Å². The molecule has 0 spiro atoms. The Morgan fingerprint density at radius 2 is 2.06 bits per heavy atom. The van der Waals surface area contributed by atoms with E-state index in [2.05, 4.69) is 25.3 Å². The molecule has 0 aromatic carbocycles. The highest BCUT2D eigenvalue weighted by atomic mass is 16.6. The van der Waals surface area contributed by atoms with Crippen molar-refractivity contribution in [3.05, 3.63) is 31.0 Å². The zero-order valence-electron chi connectivity index (χ0n) is 18.2. The van der Waals surface area contributed by atoms with Crippen molar-refractivity contribution in [3.8, 4) is 11.7 Å². The van der Waals surface area contributed by atoms with Gasteiger partial charge in [0.15, 0.2) is 5.82 Å². The maximum atomic E-state index is 12.4. The summed E-state index contributed by atoms with van der Waals surface area (Å²) < 4.78 is 12.5. The molecule has 0 bridgehead atoms. The average Bonchev–Trinajstić information content (AvgIpc) is 3.16. The fourth-order valence-corrected chi connectivity index (χ4v) is 3.52. The van der Waals surface area contributed by atoms with Crippen LogP contribution in [0, 0.1) is 0 Å². The van der Waals surface area contributed by atoms with Crippen LogP contribution in [0.15, 0.2) is 31.0 Å². The van der Waals surface area contributed by atoms with Gasteiger partial charge in [-0.05, 0) is 33.6 Å². The summed E-state index contributed by atoms with van der Waals surface area (Å²) in [5, 5.41) is 3.40. The summed E-state index contributed by atoms with van der Waals surface area (Å²) in [6.07, 6.45) is 8.27. The van der Waals surface area contributed by atoms with Gasteiger partial charge in [-0.3, -0.25) is 9.55 Å². The zero-order valence-corrected chi connectivity index (χ0v) is 18.2. The van der Waals surface area contributed by atoms with E-state index in [0.717, 1.165) is 23.9 Å². The fraction of sp³-hybridized carbons (Fsp3) is 0.476. The lowest BCUT2D eigenvalue weighted by Crippen LogP contribution is -2.47. The molecule has 1 amide bonds. The summed E-state index contributed by atoms with van der Waals surface area (Å²) in [7, 11) is 1.57. The van der Waals surface area contributed by atoms with Gasteiger partial charge in [-0.25, -0.2) is 19.7 Å². The number of nitrogens with one attached hydrogen (secondary N) is 1. The molecule has 3 aromatic heterocycles. The molecule has 10 heteroatoms. The number of ether oxygens (including phenoxy) is 2. The number of hydrogen-bond donors (Lipinski definition) is 1. The third-order valence-corrected chi connectivity index (χ3v) is 4.91. The number of likely N-dealkylation sites (tertiary alicyclic amines) is 1. The SMILES string of the molecule is COc1cc2ncn(-c3cncc(NC4CCCN(C(=O)OC(C)(C)C)C4)n3)c2cn1. The van der Waals surface area contributed by atoms with Crippen LogP contribution < -0.4 is 10.1 Å². The minimum atomic E-state index is -0.510. The van der Waals surface area contributed by atoms with Crippen molar-refractivity contribution in [1.82, 2.24) is 29.4 Å². The van der Waals surface area contributed by atoms with Crippen LogP contribution in [0.5, 0.6) is 5.88 Å². The van der Waals surface area contributed by atoms with E-state index in [1.165, 1.54) is 0 Å². The molecule has 10 nitrogen and oxygen atoms in total. The summed E-state index contributed by atoms with van der Waals surface area (Å²) in [5.41, 5.74) is 1.05. The summed E-state index contributed by atoms with van der Waals surface area (Å²) in [6.45, 7) is 6.86. The summed E-state index contributed by atoms with van der Waals surface area (Å²) >= 11 is 0. The van der Waals surface area contributed by atoms with Crippen molar-refractivity contribution in [2.45, 2.75) is 45.3 Å². The number of amides is 1. The second-order valence-electron chi connectivity index (χ2n) is 8.50. The van der Waals surface area contributed by atoms with E-state index in [-0.39, 0.29) is 12.1 Å². The number of pyridine rings is 1. The fourth-order valence-electron chi connectivity index (χ4n) is 3.52. The molecular formula is C21H27N7O3. The highest BCUT2D eigenvalue weighted by Crippen LogP contribution is 2.21. The monoisotopic (exact) mass is 425 g/mol. The first-order valence-electron chi connectivity index (χ1n) is 10.3. The first-order valence-corrected chi connectivity index (χ1v) is 10.3. The second kappa shape index (κ2) is 8.37. The minimum absolute atomic E-state index is 0.0660. The molecule has 0 aliphatic carbocycles. The molecule has 0 radical (unpaired) electrons. The molecule has 1 fully saturated rings. The number of anilines is 1. The quantitative estimate of drug-likeness (QED) is 0.680. The largest absolute Gasteiger partial charge is 0.481 e. The first-order chi connectivity index (χ1) is 14.8. The Labute approximate surface area is 180 Å². The normalized spacial score (nSPS) is 16.9. The molecule has 4 rings (SSSR count). The molecule has 0 saturated carbocycles. The Kier molecular flexibility index (Phi) is 5.62. The third kappa shape index (κ3) is 4.84. The number of imidazole rings is 1. The van der Waals surface area contributed by atoms with Crippen molar-refractivity contribution < 1.29 is 14.3 Å². The Bertz CT molecular complexity index is 1080. The van der Waals surface area contributed by atoms with Crippen molar-refractivity contribution in [3.63, 3.8) is 0 Å². The van der Waals surface area contributed by atoms with Gasteiger partial charge in [-0.1, -0.05) is 0 Å². The van der Waals surface area contributed by atoms with E-state index < -0.39 is 5.60 Å². The van der Waals surface area contributed by atoms with Crippen molar-refractivity contribution in [2.24, 2.45) is 0 Å². The maximum Gasteiger partial charge on any atom is 0.410 e. The number of hydrogen-bond acceptors (Lipinski definition) is 8. The molecular weight excluding hydrogens is 398 g/mol. The predicted octanol–water partition coefficient (Wildman–Crippen LogP) is 3.03. The Morgan fingerprint density at radius 3 is 2.84 bits per heavy atom. The number of fused-ring (bicyclic) bond motifs is 1. The molecule has 3 aromatic rings. The van der Waals surface area contributed by atoms with E-state index in [1.54, 1.807) is 43.0 Å². The van der Waals surface area contributed by atoms with Gasteiger partial charge in [0.2, 0.25) is 5.88 Å². The molecule has 1 N–H and O–H groups in total. The van der Waals surface area contributed by atoms with Gasteiger partial charge in [-0.2, -0.15) is 0 Å². The highest BCUT2D eigenvalue weighted by molar-refractivity contribution is 5.77. The molecule has 31 heavy (non-hydrogen) atoms. The van der Waals surface area contributed by atoms with Gasteiger partial charge in [0, 0.05) is 25.2 Å². The van der Waals surface area contributed by atoms with E-state index in [4.69, 9.17) is 9.47 Å². The van der Waals surface area contributed by atoms with Crippen LogP contribution in [0.3, 0.4) is 0 Å². The van der Waals surface area contributed by atoms with E-state index >= 15 is 0 Å². The molecule has 1 saturated heterocycles. The number of piperidine rings is 1. The van der Waals surface area contributed by atoms with Crippen LogP contribution in [-0.4, -0.2) is 67.3 Å². The highest BCUT2D eigenvalue weighted by Gasteiger charge is 2.27. The van der Waals surface area contributed by atoms with Crippen LogP contribution in [0.1, 0.15) is 33.6 Å². The Morgan fingerprint density at radius 1 is 1.23 bits per heavy atom. The zero-order chi connectivity index (χ0) is 22.0. The number of carbonyl (C=O) groups excluding carboxylic acids is 1. The van der Waals surface area contributed by atoms with Gasteiger partial charge in [0.25, 0.3) is 0 Å². The minimum Gasteiger partial charge on any atom is -0.481 e. The van der Waals surface area contributed by atoms with Crippen molar-refractivity contribution in [1.29, 1.82) is 0 Å². The second-order valence-corrected chi connectivity index (χ2v) is 8.50. The van der Waals surface area contributed by atoms with E-state index in [0.29, 0.717) is 30.6 Å². The van der Waals surface area contributed by atoms with E-state index in [9.17, 15) is 4.79 Å². The number of nitrogens with zero attached hydrogens (tertiary/aromatic N) is 6. The van der Waals surface area contributed by atoms with Gasteiger partial charge in [0.1, 0.15) is 17.7 Å². The molecule has 4 heterocycles. The van der Waals surface area contributed by atoms with Crippen LogP contribution in [0.4, 0.5) is 10.6 Å². The van der Waals surface area contributed by atoms with Gasteiger partial charge in [-0.15, -0.1) is 0 Å². The maximum absolute atomic E-state index is 12.4. The first kappa shape index (κ1) is 20.8. The lowest BCUT2D eigenvalue weighted by Gasteiger charge is -2.34. The molecule has 1 aliphatic rings. The van der Waals surface area contributed by atoms with Crippen LogP contribution in [-0.2, 0) is 4.74 Å². The Hall–Kier alpha value is -3.43. The van der Waals surface area contributed by atoms with Crippen LogP contribution >= 0.6 is 0 Å². The van der Waals surface area contributed by atoms with Crippen molar-refractivity contribution >= 4 is 22.9 Å². The van der Waals surface area contributed by atoms with Gasteiger partial charge < -0.3 is 19.7 Å². The predicted molar refractivity (Wildman–Crippen MR) is 115 cm³/mol. The molecule has 1 unspecified atom stereocenters. The average molecular weight is 425 g/mol. The lowest BCUT2D eigenvalue weighted by molar-refractivity contribution is 0.0206. The standard InChI is InChI=1S/C21H27N7O3/c1-21(2,3)31-20(29)27-7-5-6-14(12-27)25-17-10-22-11-18(26-17)28-13-24-15-8-19(30-4)23-9-16(15)28/h8-11,13-14H,5-7,12H2,1-4H3,(H,25,26). The number of rotatable bonds is 4. The summed E-state index contributed by atoms with van der Waals surface area (Å²) in [4.78, 5) is 31.8. The summed E-state index contributed by atoms with van der Waals surface area (Å²) in [5.74, 6) is 1.77. The smallest absolute Gasteiger partial charge is 0.410 e. The van der Waals surface area contributed by atoms with Gasteiger partial charge in [0.05, 0.1) is 36.7 Å². The van der Waals surface area contributed by atoms with Gasteiger partial charge >= 0.3 is 6.09 Å². The number of carbonyl (C=O) groups is 1. The van der Waals surface area contributed by atoms with Crippen molar-refractivity contribution in [2.75, 3.05) is 25.5 Å². The van der Waals surface area contributed by atoms with E-state index in [1.807, 2.05) is 25.3 Å².